The van der Waals surface area contributed by atoms with Crippen LogP contribution in [0.15, 0.2) is 23.0 Å². The summed E-state index contributed by atoms with van der Waals surface area (Å²) in [6, 6.07) is 5.00. The summed E-state index contributed by atoms with van der Waals surface area (Å²) in [6.07, 6.45) is 0. The summed E-state index contributed by atoms with van der Waals surface area (Å²) >= 11 is 12.2. The molecular weight excluding hydrogens is 297 g/mol. The van der Waals surface area contributed by atoms with Crippen LogP contribution in [0.5, 0.6) is 0 Å². The van der Waals surface area contributed by atoms with Crippen LogP contribution in [-0.2, 0) is 0 Å². The van der Waals surface area contributed by atoms with E-state index in [2.05, 4.69) is 15.3 Å². The van der Waals surface area contributed by atoms with Gasteiger partial charge in [-0.25, -0.2) is 4.98 Å². The van der Waals surface area contributed by atoms with Crippen molar-refractivity contribution in [3.63, 3.8) is 0 Å². The summed E-state index contributed by atoms with van der Waals surface area (Å²) < 4.78 is 0. The average molecular weight is 312 g/mol. The van der Waals surface area contributed by atoms with Crippen LogP contribution in [0.2, 0.25) is 10.0 Å². The van der Waals surface area contributed by atoms with Crippen LogP contribution >= 0.6 is 23.2 Å². The molecule has 4 nitrogen and oxygen atoms in total. The van der Waals surface area contributed by atoms with Gasteiger partial charge in [-0.15, -0.1) is 0 Å². The zero-order chi connectivity index (χ0) is 14.9. The Morgan fingerprint density at radius 1 is 1.25 bits per heavy atom. The number of rotatable bonds is 3. The normalized spacial score (nSPS) is 12.2. The summed E-state index contributed by atoms with van der Waals surface area (Å²) in [5.74, 6) is 0.597. The van der Waals surface area contributed by atoms with Gasteiger partial charge in [-0.05, 0) is 32.9 Å². The van der Waals surface area contributed by atoms with Gasteiger partial charge in [0.1, 0.15) is 5.82 Å². The molecule has 1 unspecified atom stereocenters. The predicted octanol–water partition coefficient (Wildman–Crippen LogP) is 3.87. The van der Waals surface area contributed by atoms with E-state index in [9.17, 15) is 4.79 Å². The maximum atomic E-state index is 12.1. The van der Waals surface area contributed by atoms with Crippen molar-refractivity contribution in [3.05, 3.63) is 55.7 Å². The van der Waals surface area contributed by atoms with Crippen LogP contribution in [0.4, 0.5) is 5.69 Å². The number of nitrogens with one attached hydrogen (secondary N) is 2. The zero-order valence-electron chi connectivity index (χ0n) is 11.4. The van der Waals surface area contributed by atoms with Crippen molar-refractivity contribution >= 4 is 28.9 Å². The smallest absolute Gasteiger partial charge is 0.256 e. The molecule has 0 amide bonds. The summed E-state index contributed by atoms with van der Waals surface area (Å²) in [6.45, 7) is 5.43. The molecule has 1 aromatic heterocycles. The topological polar surface area (TPSA) is 57.8 Å². The van der Waals surface area contributed by atoms with Crippen LogP contribution in [0.25, 0.3) is 0 Å². The third-order valence-corrected chi connectivity index (χ3v) is 3.65. The second kappa shape index (κ2) is 5.85. The number of aromatic amines is 1. The van der Waals surface area contributed by atoms with Gasteiger partial charge in [0.05, 0.1) is 33.0 Å². The molecule has 6 heteroatoms. The minimum Gasteiger partial charge on any atom is -0.376 e. The fourth-order valence-corrected chi connectivity index (χ4v) is 2.68. The molecule has 1 aromatic carbocycles. The molecule has 2 rings (SSSR count). The molecule has 1 heterocycles. The number of nitrogens with zero attached hydrogens (tertiary/aromatic N) is 1. The molecule has 2 aromatic rings. The maximum Gasteiger partial charge on any atom is 0.256 e. The van der Waals surface area contributed by atoms with Gasteiger partial charge in [0.2, 0.25) is 0 Å². The van der Waals surface area contributed by atoms with E-state index < -0.39 is 0 Å². The highest BCUT2D eigenvalue weighted by atomic mass is 35.5. The minimum atomic E-state index is -0.260. The molecule has 2 N–H and O–H groups in total. The summed E-state index contributed by atoms with van der Waals surface area (Å²) in [7, 11) is 0. The molecule has 0 saturated heterocycles. The summed E-state index contributed by atoms with van der Waals surface area (Å²) in [5, 5.41) is 4.20. The number of hydrogen-bond acceptors (Lipinski definition) is 3. The highest BCUT2D eigenvalue weighted by molar-refractivity contribution is 6.39. The van der Waals surface area contributed by atoms with Crippen molar-refractivity contribution in [1.29, 1.82) is 0 Å². The van der Waals surface area contributed by atoms with Crippen molar-refractivity contribution in [2.24, 2.45) is 0 Å². The second-order valence-electron chi connectivity index (χ2n) is 4.61. The second-order valence-corrected chi connectivity index (χ2v) is 5.43. The van der Waals surface area contributed by atoms with Crippen LogP contribution in [0, 0.1) is 13.8 Å². The van der Waals surface area contributed by atoms with Crippen molar-refractivity contribution in [2.45, 2.75) is 26.8 Å². The zero-order valence-corrected chi connectivity index (χ0v) is 12.9. The first kappa shape index (κ1) is 14.9. The Labute approximate surface area is 127 Å². The molecule has 0 saturated carbocycles. The van der Waals surface area contributed by atoms with Crippen LogP contribution in [0.3, 0.4) is 0 Å². The highest BCUT2D eigenvalue weighted by Crippen LogP contribution is 2.32. The van der Waals surface area contributed by atoms with Crippen LogP contribution in [0.1, 0.15) is 30.0 Å². The Kier molecular flexibility index (Phi) is 4.35. The first-order valence-electron chi connectivity index (χ1n) is 6.18. The minimum absolute atomic E-state index is 0.154. The molecule has 1 atom stereocenters. The molecule has 0 aliphatic rings. The molecule has 0 aliphatic heterocycles. The fourth-order valence-electron chi connectivity index (χ4n) is 2.17. The highest BCUT2D eigenvalue weighted by Gasteiger charge is 2.16. The Balaban J connectivity index is 2.39. The number of hydrogen-bond donors (Lipinski definition) is 2. The Bertz CT molecular complexity index is 677. The number of benzene rings is 1. The fraction of sp³-hybridized carbons (Fsp3) is 0.286. The predicted molar refractivity (Wildman–Crippen MR) is 82.8 cm³/mol. The van der Waals surface area contributed by atoms with E-state index in [1.54, 1.807) is 25.1 Å². The van der Waals surface area contributed by atoms with Crippen molar-refractivity contribution in [3.8, 4) is 0 Å². The Morgan fingerprint density at radius 2 is 1.85 bits per heavy atom. The number of aromatic nitrogens is 2. The number of halogens is 2. The lowest BCUT2D eigenvalue weighted by molar-refractivity contribution is 0.814. The van der Waals surface area contributed by atoms with Gasteiger partial charge in [-0.3, -0.25) is 4.79 Å². The number of aryl methyl sites for hydroxylation is 2. The molecule has 0 bridgehead atoms. The lowest BCUT2D eigenvalue weighted by Gasteiger charge is -2.18. The largest absolute Gasteiger partial charge is 0.376 e. The van der Waals surface area contributed by atoms with Crippen LogP contribution in [-0.4, -0.2) is 9.97 Å². The van der Waals surface area contributed by atoms with Crippen molar-refractivity contribution in [2.75, 3.05) is 5.32 Å². The molecule has 0 aliphatic carbocycles. The SMILES string of the molecule is Cc1nc(C)c(C(C)Nc2c(Cl)cccc2Cl)c(=O)[nH]1. The Morgan fingerprint density at radius 3 is 2.40 bits per heavy atom. The summed E-state index contributed by atoms with van der Waals surface area (Å²) in [5.41, 5.74) is 1.72. The molecule has 0 radical (unpaired) electrons. The van der Waals surface area contributed by atoms with E-state index in [0.717, 1.165) is 0 Å². The average Bonchev–Trinajstić information content (AvgIpc) is 2.32. The van der Waals surface area contributed by atoms with E-state index >= 15 is 0 Å². The van der Waals surface area contributed by atoms with E-state index in [4.69, 9.17) is 23.2 Å². The van der Waals surface area contributed by atoms with Gasteiger partial charge in [-0.2, -0.15) is 0 Å². The van der Waals surface area contributed by atoms with E-state index in [-0.39, 0.29) is 11.6 Å². The third kappa shape index (κ3) is 2.97. The first-order chi connectivity index (χ1) is 9.40. The van der Waals surface area contributed by atoms with Crippen molar-refractivity contribution in [1.82, 2.24) is 9.97 Å². The monoisotopic (exact) mass is 311 g/mol. The standard InChI is InChI=1S/C14H15Cl2N3O/c1-7-12(14(20)19-9(3)17-7)8(2)18-13-10(15)5-4-6-11(13)16/h4-6,8,18H,1-3H3,(H,17,19,20). The lowest BCUT2D eigenvalue weighted by atomic mass is 10.1. The lowest BCUT2D eigenvalue weighted by Crippen LogP contribution is -2.23. The van der Waals surface area contributed by atoms with Crippen LogP contribution < -0.4 is 10.9 Å². The van der Waals surface area contributed by atoms with Gasteiger partial charge in [0.25, 0.3) is 5.56 Å². The molecular formula is C14H15Cl2N3O. The number of H-pyrrole nitrogens is 1. The first-order valence-corrected chi connectivity index (χ1v) is 6.93. The van der Waals surface area contributed by atoms with Crippen molar-refractivity contribution < 1.29 is 0 Å². The summed E-state index contributed by atoms with van der Waals surface area (Å²) in [4.78, 5) is 19.0. The maximum absolute atomic E-state index is 12.1. The van der Waals surface area contributed by atoms with Gasteiger partial charge in [0.15, 0.2) is 0 Å². The van der Waals surface area contributed by atoms with Gasteiger partial charge >= 0.3 is 0 Å². The molecule has 106 valence electrons. The third-order valence-electron chi connectivity index (χ3n) is 3.02. The van der Waals surface area contributed by atoms with E-state index in [1.807, 2.05) is 13.8 Å². The van der Waals surface area contributed by atoms with Gasteiger partial charge < -0.3 is 10.3 Å². The van der Waals surface area contributed by atoms with Gasteiger partial charge in [-0.1, -0.05) is 29.3 Å². The van der Waals surface area contributed by atoms with E-state index in [1.165, 1.54) is 0 Å². The number of para-hydroxylation sites is 1. The molecule has 20 heavy (non-hydrogen) atoms. The molecule has 0 spiro atoms. The quantitative estimate of drug-likeness (QED) is 0.904. The Hall–Kier alpha value is -1.52. The van der Waals surface area contributed by atoms with Gasteiger partial charge in [0, 0.05) is 0 Å². The molecule has 0 fully saturated rings. The van der Waals surface area contributed by atoms with E-state index in [0.29, 0.717) is 32.8 Å². The number of anilines is 1.